The molecule has 0 aliphatic heterocycles. The second-order valence-corrected chi connectivity index (χ2v) is 5.11. The second kappa shape index (κ2) is 9.20. The van der Waals surface area contributed by atoms with Crippen LogP contribution in [0.4, 0.5) is 0 Å². The Balaban J connectivity index is 0.000000217. The van der Waals surface area contributed by atoms with Gasteiger partial charge in [0.25, 0.3) is 0 Å². The maximum absolute atomic E-state index is 10.4. The first-order chi connectivity index (χ1) is 9.63. The lowest BCUT2D eigenvalue weighted by Crippen LogP contribution is -2.30. The maximum Gasteiger partial charge on any atom is 0.150 e. The zero-order chi connectivity index (χ0) is 14.8. The van der Waals surface area contributed by atoms with Crippen molar-refractivity contribution in [2.45, 2.75) is 45.6 Å². The SMILES string of the molecule is CC1CCCCC1N.Cc1ccc(C=O)ccnon1. The van der Waals surface area contributed by atoms with E-state index in [1.165, 1.54) is 37.9 Å². The van der Waals surface area contributed by atoms with Gasteiger partial charge in [0.15, 0.2) is 0 Å². The van der Waals surface area contributed by atoms with E-state index in [0.717, 1.165) is 12.2 Å². The number of aldehydes is 1. The molecule has 0 amide bonds. The zero-order valence-electron chi connectivity index (χ0n) is 12.2. The van der Waals surface area contributed by atoms with Crippen LogP contribution in [0, 0.1) is 12.8 Å². The third-order valence-corrected chi connectivity index (χ3v) is 3.39. The van der Waals surface area contributed by atoms with Crippen molar-refractivity contribution in [2.24, 2.45) is 11.7 Å². The highest BCUT2D eigenvalue weighted by Gasteiger charge is 2.15. The Bertz CT molecular complexity index is 448. The van der Waals surface area contributed by atoms with E-state index in [1.807, 2.05) is 0 Å². The largest absolute Gasteiger partial charge is 0.327 e. The highest BCUT2D eigenvalue weighted by atomic mass is 16.6. The minimum absolute atomic E-state index is 0.503. The number of nitrogens with zero attached hydrogens (tertiary/aromatic N) is 2. The van der Waals surface area contributed by atoms with E-state index in [-0.39, 0.29) is 0 Å². The molecule has 2 N–H and O–H groups in total. The van der Waals surface area contributed by atoms with Crippen LogP contribution in [0.2, 0.25) is 0 Å². The summed E-state index contributed by atoms with van der Waals surface area (Å²) in [7, 11) is 0. The molecule has 0 spiro atoms. The maximum atomic E-state index is 10.4. The van der Waals surface area contributed by atoms with Gasteiger partial charge in [-0.1, -0.05) is 30.1 Å². The average molecular weight is 277 g/mol. The lowest BCUT2D eigenvalue weighted by Gasteiger charge is -2.24. The summed E-state index contributed by atoms with van der Waals surface area (Å²) in [6, 6.07) is 5.36. The molecule has 110 valence electrons. The Hall–Kier alpha value is -1.75. The van der Waals surface area contributed by atoms with Crippen LogP contribution >= 0.6 is 0 Å². The minimum Gasteiger partial charge on any atom is -0.327 e. The number of aromatic nitrogens is 2. The van der Waals surface area contributed by atoms with Crippen molar-refractivity contribution in [1.29, 1.82) is 0 Å². The molecule has 1 aliphatic carbocycles. The number of aryl methyl sites for hydroxylation is 1. The molecule has 1 aromatic rings. The monoisotopic (exact) mass is 277 g/mol. The Labute approximate surface area is 119 Å². The Morgan fingerprint density at radius 3 is 2.65 bits per heavy atom. The zero-order valence-corrected chi connectivity index (χ0v) is 12.2. The fraction of sp³-hybridized carbons (Fsp3) is 0.533. The van der Waals surface area contributed by atoms with Crippen LogP contribution in [-0.4, -0.2) is 22.6 Å². The summed E-state index contributed by atoms with van der Waals surface area (Å²) in [5.41, 5.74) is 6.96. The minimum atomic E-state index is 0.503. The van der Waals surface area contributed by atoms with Crippen LogP contribution in [0.5, 0.6) is 0 Å². The van der Waals surface area contributed by atoms with E-state index < -0.39 is 0 Å². The molecule has 0 radical (unpaired) electrons. The van der Waals surface area contributed by atoms with E-state index in [2.05, 4.69) is 21.9 Å². The molecule has 1 aromatic heterocycles. The van der Waals surface area contributed by atoms with Gasteiger partial charge in [-0.15, -0.1) is 0 Å². The molecule has 0 bridgehead atoms. The lowest BCUT2D eigenvalue weighted by molar-refractivity contribution is 0.112. The average Bonchev–Trinajstić information content (AvgIpc) is 2.55. The highest BCUT2D eigenvalue weighted by molar-refractivity contribution is 5.73. The molecule has 1 fully saturated rings. The number of carbonyl (C=O) groups is 1. The van der Waals surface area contributed by atoms with Crippen molar-refractivity contribution in [2.75, 3.05) is 0 Å². The van der Waals surface area contributed by atoms with E-state index in [1.54, 1.807) is 19.1 Å². The third-order valence-electron chi connectivity index (χ3n) is 3.39. The molecule has 20 heavy (non-hydrogen) atoms. The second-order valence-electron chi connectivity index (χ2n) is 5.11. The summed E-state index contributed by atoms with van der Waals surface area (Å²) in [5.74, 6) is 0.781. The number of rotatable bonds is 1. The van der Waals surface area contributed by atoms with Gasteiger partial charge in [0, 0.05) is 11.6 Å². The lowest BCUT2D eigenvalue weighted by atomic mass is 9.87. The predicted octanol–water partition coefficient (Wildman–Crippen LogP) is 2.84. The first kappa shape index (κ1) is 16.3. The molecule has 1 aliphatic rings. The van der Waals surface area contributed by atoms with Crippen LogP contribution in [-0.2, 0) is 0 Å². The van der Waals surface area contributed by atoms with Crippen LogP contribution in [0.25, 0.3) is 0 Å². The first-order valence-corrected chi connectivity index (χ1v) is 6.96. The fourth-order valence-electron chi connectivity index (χ4n) is 1.96. The number of carbonyl (C=O) groups excluding carboxylic acids is 1. The summed E-state index contributed by atoms with van der Waals surface area (Å²) in [5, 5.41) is 7.05. The van der Waals surface area contributed by atoms with E-state index in [9.17, 15) is 4.79 Å². The van der Waals surface area contributed by atoms with Gasteiger partial charge in [-0.05, 0) is 43.9 Å². The van der Waals surface area contributed by atoms with Gasteiger partial charge in [0.1, 0.15) is 6.29 Å². The summed E-state index contributed by atoms with van der Waals surface area (Å²) in [6.07, 6.45) is 7.46. The van der Waals surface area contributed by atoms with Crippen molar-refractivity contribution in [3.05, 3.63) is 35.7 Å². The van der Waals surface area contributed by atoms with Crippen molar-refractivity contribution < 1.29 is 9.42 Å². The number of hydrogen-bond donors (Lipinski definition) is 1. The van der Waals surface area contributed by atoms with E-state index >= 15 is 0 Å². The predicted molar refractivity (Wildman–Crippen MR) is 77.7 cm³/mol. The third kappa shape index (κ3) is 6.43. The molecule has 0 aromatic carbocycles. The fourth-order valence-corrected chi connectivity index (χ4v) is 1.96. The van der Waals surface area contributed by atoms with Crippen LogP contribution < -0.4 is 5.73 Å². The molecule has 5 nitrogen and oxygen atoms in total. The van der Waals surface area contributed by atoms with Crippen molar-refractivity contribution in [3.63, 3.8) is 0 Å². The quantitative estimate of drug-likeness (QED) is 0.798. The van der Waals surface area contributed by atoms with Crippen molar-refractivity contribution in [3.8, 4) is 0 Å². The molecular formula is C15H23N3O2. The van der Waals surface area contributed by atoms with Crippen molar-refractivity contribution >= 4 is 6.29 Å². The van der Waals surface area contributed by atoms with E-state index in [4.69, 9.17) is 5.73 Å². The molecule has 0 saturated heterocycles. The molecule has 1 saturated carbocycles. The van der Waals surface area contributed by atoms with Crippen LogP contribution in [0.15, 0.2) is 29.0 Å². The van der Waals surface area contributed by atoms with Gasteiger partial charge in [-0.25, -0.2) is 4.63 Å². The van der Waals surface area contributed by atoms with Gasteiger partial charge >= 0.3 is 0 Å². The Morgan fingerprint density at radius 2 is 2.05 bits per heavy atom. The Kier molecular flexibility index (Phi) is 7.50. The molecular weight excluding hydrogens is 254 g/mol. The van der Waals surface area contributed by atoms with Gasteiger partial charge in [0.2, 0.25) is 0 Å². The smallest absolute Gasteiger partial charge is 0.150 e. The van der Waals surface area contributed by atoms with Crippen LogP contribution in [0.1, 0.15) is 48.7 Å². The van der Waals surface area contributed by atoms with Gasteiger partial charge in [-0.3, -0.25) is 4.79 Å². The summed E-state index contributed by atoms with van der Waals surface area (Å²) >= 11 is 0. The van der Waals surface area contributed by atoms with Crippen LogP contribution in [0.3, 0.4) is 0 Å². The van der Waals surface area contributed by atoms with Crippen molar-refractivity contribution in [1.82, 2.24) is 10.3 Å². The summed E-state index contributed by atoms with van der Waals surface area (Å²) < 4.78 is 4.51. The van der Waals surface area contributed by atoms with Gasteiger partial charge in [-0.2, -0.15) is 0 Å². The van der Waals surface area contributed by atoms with Gasteiger partial charge < -0.3 is 5.73 Å². The normalized spacial score (nSPS) is 21.1. The standard InChI is InChI=1S/C8H8N2O2.C7H15N/c1-7-2-3-8(6-11)4-5-9-12-10-7;1-6-4-2-3-5-7(6)8/h2-6H,1H3;6-7H,2-5,8H2,1H3. The molecule has 2 rings (SSSR count). The van der Waals surface area contributed by atoms with Gasteiger partial charge in [0.05, 0.1) is 11.9 Å². The highest BCUT2D eigenvalue weighted by Crippen LogP contribution is 2.21. The summed E-state index contributed by atoms with van der Waals surface area (Å²) in [6.45, 7) is 4.00. The first-order valence-electron chi connectivity index (χ1n) is 6.96. The topological polar surface area (TPSA) is 82.0 Å². The molecule has 5 heteroatoms. The number of hydrogen-bond acceptors (Lipinski definition) is 5. The molecule has 1 heterocycles. The van der Waals surface area contributed by atoms with E-state index in [0.29, 0.717) is 17.3 Å². The Morgan fingerprint density at radius 1 is 1.30 bits per heavy atom. The molecule has 2 unspecified atom stereocenters. The molecule has 2 atom stereocenters. The summed E-state index contributed by atoms with van der Waals surface area (Å²) in [4.78, 5) is 10.4. The number of nitrogens with two attached hydrogens (primary N) is 1.